The molecule has 0 amide bonds. The lowest BCUT2D eigenvalue weighted by molar-refractivity contribution is -0.144. The number of aromatic nitrogens is 1. The number of benzene rings is 2. The van der Waals surface area contributed by atoms with Crippen molar-refractivity contribution >= 4 is 28.4 Å². The van der Waals surface area contributed by atoms with Gasteiger partial charge in [0.25, 0.3) is 5.78 Å². The Labute approximate surface area is 132 Å². The summed E-state index contributed by atoms with van der Waals surface area (Å²) in [4.78, 5) is 23.1. The Morgan fingerprint density at radius 1 is 0.913 bits per heavy atom. The number of nitrogens with zero attached hydrogens (tertiary/aromatic N) is 1. The molecule has 1 aliphatic rings. The fraction of sp³-hybridized carbons (Fsp3) is 0.0526. The zero-order valence-corrected chi connectivity index (χ0v) is 12.4. The smallest absolute Gasteiger partial charge is 0.384 e. The molecule has 0 fully saturated rings. The summed E-state index contributed by atoms with van der Waals surface area (Å²) in [5.41, 5.74) is 3.65. The molecule has 0 aliphatic carbocycles. The van der Waals surface area contributed by atoms with Crippen LogP contribution in [-0.4, -0.2) is 16.3 Å². The highest BCUT2D eigenvalue weighted by molar-refractivity contribution is 6.43. The van der Waals surface area contributed by atoms with Gasteiger partial charge in [-0.15, -0.1) is 0 Å². The molecule has 0 spiro atoms. The molecular weight excluding hydrogens is 290 g/mol. The molecular formula is C19H13NO3. The highest BCUT2D eigenvalue weighted by Crippen LogP contribution is 2.35. The molecule has 0 radical (unpaired) electrons. The van der Waals surface area contributed by atoms with Gasteiger partial charge in [0.05, 0.1) is 11.2 Å². The van der Waals surface area contributed by atoms with E-state index in [4.69, 9.17) is 4.74 Å². The van der Waals surface area contributed by atoms with Crippen LogP contribution in [0, 0.1) is 6.92 Å². The summed E-state index contributed by atoms with van der Waals surface area (Å²) in [6.07, 6.45) is 1.27. The van der Waals surface area contributed by atoms with Gasteiger partial charge in [-0.05, 0) is 30.7 Å². The minimum absolute atomic E-state index is 0.303. The minimum Gasteiger partial charge on any atom is -0.418 e. The van der Waals surface area contributed by atoms with Crippen molar-refractivity contribution in [2.24, 2.45) is 0 Å². The number of aryl methyl sites for hydroxylation is 1. The molecule has 1 aliphatic heterocycles. The van der Waals surface area contributed by atoms with Gasteiger partial charge in [0.2, 0.25) is 0 Å². The number of ether oxygens (including phenoxy) is 1. The Morgan fingerprint density at radius 2 is 1.61 bits per heavy atom. The van der Waals surface area contributed by atoms with Crippen LogP contribution in [0.5, 0.6) is 0 Å². The van der Waals surface area contributed by atoms with Crippen LogP contribution < -0.4 is 0 Å². The van der Waals surface area contributed by atoms with Gasteiger partial charge in [-0.2, -0.15) is 0 Å². The lowest BCUT2D eigenvalue weighted by Gasteiger charge is -2.11. The van der Waals surface area contributed by atoms with Crippen molar-refractivity contribution in [3.8, 4) is 5.69 Å². The minimum atomic E-state index is -0.829. The van der Waals surface area contributed by atoms with Crippen molar-refractivity contribution in [2.45, 2.75) is 6.92 Å². The van der Waals surface area contributed by atoms with Gasteiger partial charge in [-0.25, -0.2) is 4.79 Å². The molecule has 1 aromatic heterocycles. The molecule has 112 valence electrons. The summed E-state index contributed by atoms with van der Waals surface area (Å²) < 4.78 is 7.20. The van der Waals surface area contributed by atoms with Gasteiger partial charge in [-0.1, -0.05) is 36.4 Å². The largest absolute Gasteiger partial charge is 0.418 e. The van der Waals surface area contributed by atoms with Crippen molar-refractivity contribution in [1.29, 1.82) is 0 Å². The average molecular weight is 303 g/mol. The number of carbonyl (C=O) groups is 2. The van der Waals surface area contributed by atoms with Crippen LogP contribution in [0.4, 0.5) is 0 Å². The first-order valence-corrected chi connectivity index (χ1v) is 7.30. The van der Waals surface area contributed by atoms with Crippen LogP contribution in [-0.2, 0) is 14.3 Å². The molecule has 0 saturated heterocycles. The standard InChI is InChI=1S/C19H13NO3/c1-12-14-9-5-6-10-15(14)20(13-7-3-2-4-8-13)18(12)17-11-16(21)19(22)23-17/h2-11H,1H3. The molecule has 2 aromatic carbocycles. The molecule has 3 aromatic rings. The van der Waals surface area contributed by atoms with E-state index >= 15 is 0 Å². The number of esters is 1. The topological polar surface area (TPSA) is 48.3 Å². The quantitative estimate of drug-likeness (QED) is 0.538. The van der Waals surface area contributed by atoms with Crippen LogP contribution in [0.25, 0.3) is 22.3 Å². The third-order valence-electron chi connectivity index (χ3n) is 4.04. The molecule has 0 saturated carbocycles. The molecule has 0 atom stereocenters. The van der Waals surface area contributed by atoms with E-state index in [0.717, 1.165) is 27.8 Å². The van der Waals surface area contributed by atoms with Crippen LogP contribution in [0.1, 0.15) is 11.3 Å². The second kappa shape index (κ2) is 4.95. The number of hydrogen-bond donors (Lipinski definition) is 0. The van der Waals surface area contributed by atoms with Crippen molar-refractivity contribution < 1.29 is 14.3 Å². The summed E-state index contributed by atoms with van der Waals surface area (Å²) in [6, 6.07) is 17.8. The van der Waals surface area contributed by atoms with Crippen molar-refractivity contribution in [3.05, 3.63) is 71.9 Å². The van der Waals surface area contributed by atoms with Gasteiger partial charge in [0.15, 0.2) is 5.76 Å². The Morgan fingerprint density at radius 3 is 2.30 bits per heavy atom. The molecule has 4 rings (SSSR count). The molecule has 4 heteroatoms. The summed E-state index contributed by atoms with van der Waals surface area (Å²) in [6.45, 7) is 1.97. The van der Waals surface area contributed by atoms with Gasteiger partial charge >= 0.3 is 5.97 Å². The predicted molar refractivity (Wildman–Crippen MR) is 87.1 cm³/mol. The molecule has 23 heavy (non-hydrogen) atoms. The highest BCUT2D eigenvalue weighted by atomic mass is 16.5. The first-order chi connectivity index (χ1) is 11.2. The normalized spacial score (nSPS) is 14.2. The summed E-state index contributed by atoms with van der Waals surface area (Å²) in [7, 11) is 0. The van der Waals surface area contributed by atoms with Crippen LogP contribution in [0.15, 0.2) is 60.7 Å². The van der Waals surface area contributed by atoms with Crippen LogP contribution in [0.2, 0.25) is 0 Å². The highest BCUT2D eigenvalue weighted by Gasteiger charge is 2.29. The van der Waals surface area contributed by atoms with E-state index in [1.54, 1.807) is 0 Å². The first kappa shape index (κ1) is 13.5. The summed E-state index contributed by atoms with van der Waals surface area (Å²) in [5, 5.41) is 1.06. The maximum atomic E-state index is 11.6. The summed E-state index contributed by atoms with van der Waals surface area (Å²) >= 11 is 0. The second-order valence-corrected chi connectivity index (χ2v) is 5.42. The molecule has 2 heterocycles. The fourth-order valence-corrected chi connectivity index (χ4v) is 3.02. The predicted octanol–water partition coefficient (Wildman–Crippen LogP) is 3.41. The number of para-hydroxylation sites is 2. The molecule has 0 N–H and O–H groups in total. The number of rotatable bonds is 2. The lowest BCUT2D eigenvalue weighted by Crippen LogP contribution is -2.06. The van der Waals surface area contributed by atoms with E-state index in [1.165, 1.54) is 6.08 Å². The second-order valence-electron chi connectivity index (χ2n) is 5.42. The lowest BCUT2D eigenvalue weighted by atomic mass is 10.1. The average Bonchev–Trinajstić information content (AvgIpc) is 3.06. The van der Waals surface area contributed by atoms with Gasteiger partial charge in [-0.3, -0.25) is 4.79 Å². The van der Waals surface area contributed by atoms with Crippen molar-refractivity contribution in [3.63, 3.8) is 0 Å². The van der Waals surface area contributed by atoms with Crippen LogP contribution >= 0.6 is 0 Å². The van der Waals surface area contributed by atoms with Crippen molar-refractivity contribution in [2.75, 3.05) is 0 Å². The monoisotopic (exact) mass is 303 g/mol. The number of ketones is 1. The SMILES string of the molecule is Cc1c(C2=CC(=O)C(=O)O2)n(-c2ccccc2)c2ccccc12. The number of fused-ring (bicyclic) bond motifs is 1. The van der Waals surface area contributed by atoms with Crippen LogP contribution in [0.3, 0.4) is 0 Å². The maximum Gasteiger partial charge on any atom is 0.384 e. The zero-order chi connectivity index (χ0) is 16.0. The number of cyclic esters (lactones) is 1. The van der Waals surface area contributed by atoms with E-state index in [-0.39, 0.29) is 0 Å². The Balaban J connectivity index is 2.08. The van der Waals surface area contributed by atoms with E-state index in [0.29, 0.717) is 5.76 Å². The third-order valence-corrected chi connectivity index (χ3v) is 4.04. The van der Waals surface area contributed by atoms with E-state index < -0.39 is 11.8 Å². The fourth-order valence-electron chi connectivity index (χ4n) is 3.02. The Hall–Kier alpha value is -3.14. The Bertz CT molecular complexity index is 981. The third kappa shape index (κ3) is 1.99. The maximum absolute atomic E-state index is 11.6. The Kier molecular flexibility index (Phi) is 2.91. The summed E-state index contributed by atoms with van der Waals surface area (Å²) in [5.74, 6) is -1.15. The van der Waals surface area contributed by atoms with Gasteiger partial charge in [0.1, 0.15) is 0 Å². The van der Waals surface area contributed by atoms with Gasteiger partial charge in [0, 0.05) is 17.1 Å². The first-order valence-electron chi connectivity index (χ1n) is 7.30. The molecule has 0 unspecified atom stereocenters. The van der Waals surface area contributed by atoms with E-state index in [1.807, 2.05) is 66.1 Å². The number of hydrogen-bond acceptors (Lipinski definition) is 3. The molecule has 0 bridgehead atoms. The van der Waals surface area contributed by atoms with E-state index in [2.05, 4.69) is 0 Å². The van der Waals surface area contributed by atoms with Gasteiger partial charge < -0.3 is 9.30 Å². The number of carbonyl (C=O) groups excluding carboxylic acids is 2. The van der Waals surface area contributed by atoms with E-state index in [9.17, 15) is 9.59 Å². The zero-order valence-electron chi connectivity index (χ0n) is 12.4. The molecule has 4 nitrogen and oxygen atoms in total. The van der Waals surface area contributed by atoms with Crippen molar-refractivity contribution in [1.82, 2.24) is 4.57 Å².